The Morgan fingerprint density at radius 2 is 1.97 bits per heavy atom. The van der Waals surface area contributed by atoms with Crippen LogP contribution in [0, 0.1) is 10.9 Å². The Bertz CT molecular complexity index is 1480. The minimum absolute atomic E-state index is 0.00754. The fraction of sp³-hybridized carbons (Fsp3) is 0.346. The quantitative estimate of drug-likeness (QED) is 0.348. The van der Waals surface area contributed by atoms with Crippen molar-refractivity contribution in [1.29, 1.82) is 0 Å². The van der Waals surface area contributed by atoms with Gasteiger partial charge in [-0.05, 0) is 62.5 Å². The summed E-state index contributed by atoms with van der Waals surface area (Å²) in [6.45, 7) is 4.96. The summed E-state index contributed by atoms with van der Waals surface area (Å²) in [6, 6.07) is 16.0. The minimum Gasteiger partial charge on any atom is -0.338 e. The van der Waals surface area contributed by atoms with Crippen molar-refractivity contribution in [2.24, 2.45) is 0 Å². The highest BCUT2D eigenvalue weighted by Gasteiger charge is 2.27. The number of nitrogens with zero attached hydrogens (tertiary/aromatic N) is 3. The van der Waals surface area contributed by atoms with Crippen molar-refractivity contribution < 1.29 is 4.79 Å². The first kappa shape index (κ1) is 22.0. The lowest BCUT2D eigenvalue weighted by Gasteiger charge is -2.35. The molecular weight excluding hydrogens is 450 g/mol. The molecule has 1 saturated heterocycles. The van der Waals surface area contributed by atoms with E-state index in [0.29, 0.717) is 15.0 Å². The second-order valence-electron chi connectivity index (χ2n) is 8.78. The van der Waals surface area contributed by atoms with Crippen LogP contribution < -0.4 is 5.56 Å². The van der Waals surface area contributed by atoms with E-state index < -0.39 is 0 Å². The highest BCUT2D eigenvalue weighted by atomic mass is 32.1. The molecule has 33 heavy (non-hydrogen) atoms. The Hall–Kier alpha value is -2.77. The molecule has 0 N–H and O–H groups in total. The van der Waals surface area contributed by atoms with Crippen LogP contribution >= 0.6 is 23.6 Å². The van der Waals surface area contributed by atoms with Gasteiger partial charge >= 0.3 is 0 Å². The van der Waals surface area contributed by atoms with Gasteiger partial charge in [0.05, 0.1) is 15.8 Å². The van der Waals surface area contributed by atoms with E-state index in [9.17, 15) is 9.59 Å². The first-order chi connectivity index (χ1) is 16.0. The van der Waals surface area contributed by atoms with E-state index in [2.05, 4.69) is 13.0 Å². The summed E-state index contributed by atoms with van der Waals surface area (Å²) >= 11 is 7.27. The molecule has 2 aromatic carbocycles. The van der Waals surface area contributed by atoms with E-state index in [1.54, 1.807) is 4.57 Å². The number of rotatable bonds is 4. The maximum Gasteiger partial charge on any atom is 0.262 e. The van der Waals surface area contributed by atoms with Crippen molar-refractivity contribution in [1.82, 2.24) is 13.9 Å². The van der Waals surface area contributed by atoms with Gasteiger partial charge in [0.25, 0.3) is 5.56 Å². The van der Waals surface area contributed by atoms with Crippen LogP contribution in [-0.2, 0) is 11.3 Å². The van der Waals surface area contributed by atoms with Gasteiger partial charge in [0.15, 0.2) is 3.95 Å². The predicted molar refractivity (Wildman–Crippen MR) is 138 cm³/mol. The summed E-state index contributed by atoms with van der Waals surface area (Å²) in [5, 5.41) is 0.577. The number of thiazole rings is 1. The van der Waals surface area contributed by atoms with Crippen LogP contribution in [-0.4, -0.2) is 32.4 Å². The molecule has 0 bridgehead atoms. The number of fused-ring (bicyclic) bond motifs is 3. The summed E-state index contributed by atoms with van der Waals surface area (Å²) in [5.41, 5.74) is 3.48. The third-order valence-corrected chi connectivity index (χ3v) is 8.07. The molecule has 1 atom stereocenters. The molecule has 0 spiro atoms. The molecule has 3 heterocycles. The number of amides is 1. The van der Waals surface area contributed by atoms with E-state index in [1.165, 1.54) is 11.3 Å². The summed E-state index contributed by atoms with van der Waals surface area (Å²) in [7, 11) is 0. The second kappa shape index (κ2) is 8.88. The molecule has 1 aliphatic heterocycles. The minimum atomic E-state index is -0.147. The van der Waals surface area contributed by atoms with Gasteiger partial charge < -0.3 is 4.90 Å². The molecule has 1 aliphatic rings. The van der Waals surface area contributed by atoms with Gasteiger partial charge in [0.1, 0.15) is 12.2 Å². The highest BCUT2D eigenvalue weighted by Crippen LogP contribution is 2.33. The van der Waals surface area contributed by atoms with E-state index in [0.717, 1.165) is 53.7 Å². The van der Waals surface area contributed by atoms with Crippen LogP contribution in [0.15, 0.2) is 53.3 Å². The smallest absolute Gasteiger partial charge is 0.262 e. The SMILES string of the molecule is CC[C@@H]1CCCCN1C(=O)Cn1c(=O)c2ccccc2n2c(=S)sc(-c3cccc(C)c3)c12. The van der Waals surface area contributed by atoms with Crippen LogP contribution in [0.1, 0.15) is 38.2 Å². The van der Waals surface area contributed by atoms with Gasteiger partial charge in [0.2, 0.25) is 5.91 Å². The lowest BCUT2D eigenvalue weighted by atomic mass is 10.00. The van der Waals surface area contributed by atoms with E-state index in [1.807, 2.05) is 58.7 Å². The zero-order chi connectivity index (χ0) is 23.1. The van der Waals surface area contributed by atoms with Crippen molar-refractivity contribution >= 4 is 46.0 Å². The molecule has 4 aromatic rings. The maximum atomic E-state index is 13.7. The molecule has 2 aromatic heterocycles. The molecule has 0 unspecified atom stereocenters. The standard InChI is InChI=1S/C26H27N3O2S2/c1-3-19-11-6-7-14-27(19)22(30)16-28-24-23(18-10-8-9-17(2)15-18)33-26(32)29(24)21-13-5-4-12-20(21)25(28)31/h4-5,8-10,12-13,15,19H,3,6-7,11,14,16H2,1-2H3/t19-/m1/s1. The Labute approximate surface area is 201 Å². The number of para-hydroxylation sites is 1. The first-order valence-corrected chi connectivity index (χ1v) is 12.8. The summed E-state index contributed by atoms with van der Waals surface area (Å²) in [4.78, 5) is 30.1. The summed E-state index contributed by atoms with van der Waals surface area (Å²) in [5.74, 6) is 0.00754. The molecule has 170 valence electrons. The Balaban J connectivity index is 1.76. The van der Waals surface area contributed by atoms with Gasteiger partial charge in [-0.1, -0.05) is 48.9 Å². The third kappa shape index (κ3) is 3.83. The molecule has 0 saturated carbocycles. The van der Waals surface area contributed by atoms with E-state index in [4.69, 9.17) is 12.2 Å². The number of aromatic nitrogens is 2. The topological polar surface area (TPSA) is 46.7 Å². The molecule has 5 nitrogen and oxygen atoms in total. The average molecular weight is 478 g/mol. The van der Waals surface area contributed by atoms with Crippen molar-refractivity contribution in [3.8, 4) is 10.4 Å². The molecule has 5 rings (SSSR count). The number of likely N-dealkylation sites (tertiary alicyclic amines) is 1. The summed E-state index contributed by atoms with van der Waals surface area (Å²) < 4.78 is 4.29. The Morgan fingerprint density at radius 1 is 1.15 bits per heavy atom. The normalized spacial score (nSPS) is 16.5. The van der Waals surface area contributed by atoms with Crippen molar-refractivity contribution in [3.05, 3.63) is 68.4 Å². The largest absolute Gasteiger partial charge is 0.338 e. The number of carbonyl (C=O) groups is 1. The van der Waals surface area contributed by atoms with Crippen LogP contribution in [0.5, 0.6) is 0 Å². The molecule has 0 radical (unpaired) electrons. The number of hydrogen-bond acceptors (Lipinski definition) is 4. The van der Waals surface area contributed by atoms with Gasteiger partial charge in [-0.2, -0.15) is 0 Å². The van der Waals surface area contributed by atoms with Crippen LogP contribution in [0.4, 0.5) is 0 Å². The fourth-order valence-electron chi connectivity index (χ4n) is 5.01. The van der Waals surface area contributed by atoms with E-state index in [-0.39, 0.29) is 24.1 Å². The lowest BCUT2D eigenvalue weighted by molar-refractivity contribution is -0.135. The third-order valence-electron chi connectivity index (χ3n) is 6.66. The molecule has 7 heteroatoms. The first-order valence-electron chi connectivity index (χ1n) is 11.5. The number of aryl methyl sites for hydroxylation is 1. The maximum absolute atomic E-state index is 13.7. The monoisotopic (exact) mass is 477 g/mol. The van der Waals surface area contributed by atoms with Gasteiger partial charge in [-0.15, -0.1) is 11.3 Å². The molecule has 1 amide bonds. The Kier molecular flexibility index (Phi) is 5.93. The predicted octanol–water partition coefficient (Wildman–Crippen LogP) is 5.81. The number of carbonyl (C=O) groups excluding carboxylic acids is 1. The van der Waals surface area contributed by atoms with E-state index >= 15 is 0 Å². The van der Waals surface area contributed by atoms with Gasteiger partial charge in [-0.3, -0.25) is 18.6 Å². The number of piperidine rings is 1. The van der Waals surface area contributed by atoms with Crippen molar-refractivity contribution in [2.75, 3.05) is 6.54 Å². The number of benzene rings is 2. The fourth-order valence-corrected chi connectivity index (χ4v) is 6.44. The average Bonchev–Trinajstić information content (AvgIpc) is 3.18. The van der Waals surface area contributed by atoms with Crippen LogP contribution in [0.2, 0.25) is 0 Å². The van der Waals surface area contributed by atoms with Crippen molar-refractivity contribution in [2.45, 2.75) is 52.1 Å². The zero-order valence-corrected chi connectivity index (χ0v) is 20.5. The van der Waals surface area contributed by atoms with Crippen LogP contribution in [0.25, 0.3) is 27.0 Å². The summed E-state index contributed by atoms with van der Waals surface area (Å²) in [6.07, 6.45) is 4.14. The van der Waals surface area contributed by atoms with Crippen LogP contribution in [0.3, 0.4) is 0 Å². The molecular formula is C26H27N3O2S2. The van der Waals surface area contributed by atoms with Crippen molar-refractivity contribution in [3.63, 3.8) is 0 Å². The lowest BCUT2D eigenvalue weighted by Crippen LogP contribution is -2.46. The van der Waals surface area contributed by atoms with Gasteiger partial charge in [0, 0.05) is 12.6 Å². The molecule has 1 fully saturated rings. The second-order valence-corrected chi connectivity index (χ2v) is 10.4. The zero-order valence-electron chi connectivity index (χ0n) is 18.9. The number of hydrogen-bond donors (Lipinski definition) is 0. The van der Waals surface area contributed by atoms with Gasteiger partial charge in [-0.25, -0.2) is 0 Å². The highest BCUT2D eigenvalue weighted by molar-refractivity contribution is 7.73. The Morgan fingerprint density at radius 3 is 2.76 bits per heavy atom. The molecule has 0 aliphatic carbocycles.